The van der Waals surface area contributed by atoms with Crippen LogP contribution in [0.1, 0.15) is 36.4 Å². The zero-order valence-electron chi connectivity index (χ0n) is 17.7. The summed E-state index contributed by atoms with van der Waals surface area (Å²) in [6, 6.07) is 14.5. The van der Waals surface area contributed by atoms with Gasteiger partial charge in [-0.3, -0.25) is 9.98 Å². The topological polar surface area (TPSA) is 37.6 Å². The first-order chi connectivity index (χ1) is 15.0. The Morgan fingerprint density at radius 2 is 0.971 bits per heavy atom. The van der Waals surface area contributed by atoms with Crippen LogP contribution in [0.4, 0.5) is 37.7 Å². The quantitative estimate of drug-likeness (QED) is 0.188. The molecule has 3 nitrogen and oxygen atoms in total. The monoisotopic (exact) mass is 541 g/mol. The molecule has 3 rings (SSSR count). The van der Waals surface area contributed by atoms with Gasteiger partial charge in [0.15, 0.2) is 0 Å². The van der Waals surface area contributed by atoms with E-state index in [1.54, 1.807) is 18.2 Å². The maximum absolute atomic E-state index is 13.2. The molecule has 34 heavy (non-hydrogen) atoms. The minimum atomic E-state index is -4.56. The molecule has 0 bridgehead atoms. The van der Waals surface area contributed by atoms with Gasteiger partial charge in [0, 0.05) is 17.1 Å². The second-order valence-corrected chi connectivity index (χ2v) is 6.83. The van der Waals surface area contributed by atoms with Crippen molar-refractivity contribution >= 4 is 35.2 Å². The van der Waals surface area contributed by atoms with E-state index < -0.39 is 23.5 Å². The molecule has 0 saturated carbocycles. The first kappa shape index (κ1) is 29.4. The smallest absolute Gasteiger partial charge is 0.251 e. The van der Waals surface area contributed by atoms with Gasteiger partial charge in [-0.25, -0.2) is 4.98 Å². The number of rotatable bonds is 4. The van der Waals surface area contributed by atoms with Crippen LogP contribution in [0, 0.1) is 0 Å². The van der Waals surface area contributed by atoms with Gasteiger partial charge in [0.25, 0.3) is 0 Å². The van der Waals surface area contributed by atoms with E-state index in [0.717, 1.165) is 12.1 Å². The van der Waals surface area contributed by atoms with Crippen molar-refractivity contribution in [3.8, 4) is 0 Å². The summed E-state index contributed by atoms with van der Waals surface area (Å²) in [5, 5.41) is 0. The van der Waals surface area contributed by atoms with E-state index in [-0.39, 0.29) is 63.7 Å². The number of para-hydroxylation sites is 2. The van der Waals surface area contributed by atoms with E-state index >= 15 is 0 Å². The Hall–Kier alpha value is -2.68. The molecule has 0 unspecified atom stereocenters. The number of pyridine rings is 1. The van der Waals surface area contributed by atoms with E-state index in [9.17, 15) is 26.3 Å². The minimum Gasteiger partial charge on any atom is -0.251 e. The molecule has 0 aliphatic rings. The Labute approximate surface area is 208 Å². The molecule has 0 aliphatic heterocycles. The molecule has 0 N–H and O–H groups in total. The molecular weight excluding hydrogens is 524 g/mol. The van der Waals surface area contributed by atoms with Crippen molar-refractivity contribution in [2.45, 2.75) is 26.2 Å². The molecule has 0 fully saturated rings. The van der Waals surface area contributed by atoms with Crippen LogP contribution < -0.4 is 0 Å². The van der Waals surface area contributed by atoms with Gasteiger partial charge in [0.2, 0.25) is 0 Å². The third-order valence-electron chi connectivity index (χ3n) is 4.49. The Balaban J connectivity index is 0.00000289. The van der Waals surface area contributed by atoms with Crippen molar-refractivity contribution in [3.63, 3.8) is 0 Å². The second-order valence-electron chi connectivity index (χ2n) is 6.83. The largest absolute Gasteiger partial charge is 0.418 e. The number of aliphatic imine (C=N–C) groups is 2. The molecule has 2 aromatic carbocycles. The van der Waals surface area contributed by atoms with Crippen LogP contribution in [0.5, 0.6) is 0 Å². The summed E-state index contributed by atoms with van der Waals surface area (Å²) in [4.78, 5) is 12.5. The normalized spacial score (nSPS) is 12.6. The fourth-order valence-electron chi connectivity index (χ4n) is 2.94. The van der Waals surface area contributed by atoms with Crippen molar-refractivity contribution in [3.05, 3.63) is 89.2 Å². The third-order valence-corrected chi connectivity index (χ3v) is 4.49. The first-order valence-corrected chi connectivity index (χ1v) is 9.37. The number of hydrogen-bond donors (Lipinski definition) is 0. The van der Waals surface area contributed by atoms with Crippen LogP contribution in [0.15, 0.2) is 76.7 Å². The molecule has 1 heterocycles. The fraction of sp³-hybridized carbons (Fsp3) is 0.174. The van der Waals surface area contributed by atoms with Gasteiger partial charge in [0.1, 0.15) is 0 Å². The minimum absolute atomic E-state index is 0. The number of hydrogen-bond acceptors (Lipinski definition) is 3. The summed E-state index contributed by atoms with van der Waals surface area (Å²) in [7, 11) is 0. The standard InChI is InChI=1S/C23H17F6N3.ClH.Fe/c1-14(30-20-10-5-3-8-16(20)22(24,25)26)18-12-7-13-19(32-18)15(2)31-21-11-6-4-9-17(21)23(27,28)29;;/h3-13H,1-2H3;1H;. The number of halogens is 7. The maximum Gasteiger partial charge on any atom is 0.418 e. The summed E-state index contributed by atoms with van der Waals surface area (Å²) in [6.07, 6.45) is -9.13. The van der Waals surface area contributed by atoms with Crippen LogP contribution in [0.2, 0.25) is 0 Å². The Kier molecular flexibility index (Phi) is 10.0. The van der Waals surface area contributed by atoms with Crippen LogP contribution in [-0.4, -0.2) is 16.4 Å². The molecule has 3 aromatic rings. The predicted molar refractivity (Wildman–Crippen MR) is 118 cm³/mol. The van der Waals surface area contributed by atoms with E-state index in [1.807, 2.05) is 0 Å². The second kappa shape index (κ2) is 11.6. The average Bonchev–Trinajstić information content (AvgIpc) is 2.73. The van der Waals surface area contributed by atoms with Gasteiger partial charge in [-0.2, -0.15) is 26.3 Å². The zero-order valence-corrected chi connectivity index (χ0v) is 19.6. The summed E-state index contributed by atoms with van der Waals surface area (Å²) < 4.78 is 79.3. The number of aromatic nitrogens is 1. The summed E-state index contributed by atoms with van der Waals surface area (Å²) in [5.41, 5.74) is -1.28. The van der Waals surface area contributed by atoms with Crippen molar-refractivity contribution < 1.29 is 43.4 Å². The van der Waals surface area contributed by atoms with Gasteiger partial charge in [-0.15, -0.1) is 12.4 Å². The maximum atomic E-state index is 13.2. The molecule has 0 radical (unpaired) electrons. The number of alkyl halides is 6. The molecule has 0 aliphatic carbocycles. The van der Waals surface area contributed by atoms with Crippen LogP contribution in [0.25, 0.3) is 0 Å². The molecule has 0 atom stereocenters. The van der Waals surface area contributed by atoms with E-state index in [1.165, 1.54) is 50.2 Å². The van der Waals surface area contributed by atoms with Crippen molar-refractivity contribution in [2.24, 2.45) is 9.98 Å². The van der Waals surface area contributed by atoms with Gasteiger partial charge in [-0.05, 0) is 50.2 Å². The fourth-order valence-corrected chi connectivity index (χ4v) is 2.94. The molecular formula is C23H18ClF6FeN3. The SMILES string of the molecule is CC(=Nc1ccccc1C(F)(F)F)c1cccc(C(C)=Nc2ccccc2C(F)(F)F)n1.Cl.[Fe]. The van der Waals surface area contributed by atoms with Crippen LogP contribution in [0.3, 0.4) is 0 Å². The Morgan fingerprint density at radius 3 is 1.32 bits per heavy atom. The van der Waals surface area contributed by atoms with Crippen LogP contribution >= 0.6 is 12.4 Å². The Morgan fingerprint density at radius 1 is 0.618 bits per heavy atom. The third kappa shape index (κ3) is 7.16. The van der Waals surface area contributed by atoms with Crippen molar-refractivity contribution in [1.29, 1.82) is 0 Å². The van der Waals surface area contributed by atoms with Gasteiger partial charge < -0.3 is 0 Å². The van der Waals surface area contributed by atoms with Gasteiger partial charge >= 0.3 is 12.4 Å². The average molecular weight is 542 g/mol. The van der Waals surface area contributed by atoms with Crippen LogP contribution in [-0.2, 0) is 29.4 Å². The number of benzene rings is 2. The molecule has 0 saturated heterocycles. The molecule has 0 spiro atoms. The first-order valence-electron chi connectivity index (χ1n) is 9.37. The summed E-state index contributed by atoms with van der Waals surface area (Å²) >= 11 is 0. The van der Waals surface area contributed by atoms with Gasteiger partial charge in [0.05, 0.1) is 45.3 Å². The predicted octanol–water partition coefficient (Wildman–Crippen LogP) is 7.82. The molecule has 0 amide bonds. The van der Waals surface area contributed by atoms with E-state index in [0.29, 0.717) is 0 Å². The summed E-state index contributed by atoms with van der Waals surface area (Å²) in [5.74, 6) is 0. The van der Waals surface area contributed by atoms with E-state index in [2.05, 4.69) is 15.0 Å². The van der Waals surface area contributed by atoms with Crippen molar-refractivity contribution in [2.75, 3.05) is 0 Å². The van der Waals surface area contributed by atoms with E-state index in [4.69, 9.17) is 0 Å². The number of nitrogens with zero attached hydrogens (tertiary/aromatic N) is 3. The Bertz CT molecular complexity index is 1100. The zero-order chi connectivity index (χ0) is 23.5. The molecule has 1 aromatic heterocycles. The molecule has 182 valence electrons. The summed E-state index contributed by atoms with van der Waals surface area (Å²) in [6.45, 7) is 3.01. The molecule has 11 heteroatoms. The van der Waals surface area contributed by atoms with Gasteiger partial charge in [-0.1, -0.05) is 30.3 Å². The van der Waals surface area contributed by atoms with Crippen molar-refractivity contribution in [1.82, 2.24) is 4.98 Å².